The molecule has 0 aliphatic carbocycles. The van der Waals surface area contributed by atoms with Crippen molar-refractivity contribution >= 4 is 28.5 Å². The Morgan fingerprint density at radius 2 is 1.70 bits per heavy atom. The molecule has 0 bridgehead atoms. The Morgan fingerprint density at radius 1 is 0.963 bits per heavy atom. The molecule has 5 heteroatoms. The number of benzene rings is 2. The van der Waals surface area contributed by atoms with E-state index in [-0.39, 0.29) is 12.6 Å². The molecule has 0 aliphatic rings. The number of halogens is 1. The molecule has 0 amide bonds. The van der Waals surface area contributed by atoms with Crippen molar-refractivity contribution in [3.63, 3.8) is 0 Å². The maximum atomic E-state index is 12.8. The van der Waals surface area contributed by atoms with Crippen molar-refractivity contribution < 1.29 is 9.53 Å². The van der Waals surface area contributed by atoms with E-state index in [9.17, 15) is 4.79 Å². The number of carbonyl (C=O) groups is 1. The molecule has 0 aliphatic heterocycles. The van der Waals surface area contributed by atoms with Crippen molar-refractivity contribution in [3.8, 4) is 11.3 Å². The van der Waals surface area contributed by atoms with Crippen molar-refractivity contribution in [2.24, 2.45) is 0 Å². The molecule has 4 nitrogen and oxygen atoms in total. The van der Waals surface area contributed by atoms with Crippen LogP contribution in [0.15, 0.2) is 79.1 Å². The average molecular weight is 375 g/mol. The van der Waals surface area contributed by atoms with E-state index in [1.54, 1.807) is 30.6 Å². The Bertz CT molecular complexity index is 1100. The van der Waals surface area contributed by atoms with Gasteiger partial charge in [0.15, 0.2) is 0 Å². The van der Waals surface area contributed by atoms with Gasteiger partial charge in [-0.2, -0.15) is 0 Å². The summed E-state index contributed by atoms with van der Waals surface area (Å²) < 4.78 is 5.52. The largest absolute Gasteiger partial charge is 0.457 e. The lowest BCUT2D eigenvalue weighted by Gasteiger charge is -2.10. The minimum Gasteiger partial charge on any atom is -0.457 e. The second kappa shape index (κ2) is 7.56. The van der Waals surface area contributed by atoms with Gasteiger partial charge in [0.1, 0.15) is 6.61 Å². The predicted octanol–water partition coefficient (Wildman–Crippen LogP) is 5.31. The van der Waals surface area contributed by atoms with Crippen LogP contribution in [0.3, 0.4) is 0 Å². The lowest BCUT2D eigenvalue weighted by Crippen LogP contribution is -2.07. The molecule has 0 unspecified atom stereocenters. The number of rotatable bonds is 4. The summed E-state index contributed by atoms with van der Waals surface area (Å²) in [4.78, 5) is 21.4. The predicted molar refractivity (Wildman–Crippen MR) is 106 cm³/mol. The van der Waals surface area contributed by atoms with Crippen LogP contribution >= 0.6 is 11.6 Å². The minimum absolute atomic E-state index is 0.189. The zero-order chi connectivity index (χ0) is 18.6. The molecule has 132 valence electrons. The number of fused-ring (bicyclic) bond motifs is 1. The molecule has 0 N–H and O–H groups in total. The standard InChI is InChI=1S/C22H15ClN2O2/c23-17-7-5-16(6-8-17)21-13-19(18-3-1-2-4-20(18)25-21)22(26)27-14-15-9-11-24-12-10-15/h1-13H,14H2. The molecule has 0 fully saturated rings. The van der Waals surface area contributed by atoms with Crippen LogP contribution in [0.2, 0.25) is 5.02 Å². The van der Waals surface area contributed by atoms with E-state index in [1.165, 1.54) is 0 Å². The highest BCUT2D eigenvalue weighted by Gasteiger charge is 2.15. The summed E-state index contributed by atoms with van der Waals surface area (Å²) in [5.74, 6) is -0.388. The van der Waals surface area contributed by atoms with E-state index >= 15 is 0 Å². The van der Waals surface area contributed by atoms with Gasteiger partial charge in [0.05, 0.1) is 16.8 Å². The Labute approximate surface area is 161 Å². The van der Waals surface area contributed by atoms with Crippen molar-refractivity contribution in [3.05, 3.63) is 95.3 Å². The first-order valence-electron chi connectivity index (χ1n) is 8.42. The average Bonchev–Trinajstić information content (AvgIpc) is 2.72. The molecular weight excluding hydrogens is 360 g/mol. The van der Waals surface area contributed by atoms with Crippen LogP contribution in [0.1, 0.15) is 15.9 Å². The molecule has 2 heterocycles. The lowest BCUT2D eigenvalue weighted by atomic mass is 10.0. The number of nitrogens with zero attached hydrogens (tertiary/aromatic N) is 2. The summed E-state index contributed by atoms with van der Waals surface area (Å²) in [5.41, 5.74) is 3.68. The quantitative estimate of drug-likeness (QED) is 0.454. The molecule has 0 saturated carbocycles. The number of aromatic nitrogens is 2. The van der Waals surface area contributed by atoms with Crippen LogP contribution in [0.4, 0.5) is 0 Å². The van der Waals surface area contributed by atoms with Gasteiger partial charge in [0, 0.05) is 28.4 Å². The van der Waals surface area contributed by atoms with Gasteiger partial charge in [-0.1, -0.05) is 41.9 Å². The first kappa shape index (κ1) is 17.2. The van der Waals surface area contributed by atoms with Gasteiger partial charge in [-0.15, -0.1) is 0 Å². The highest BCUT2D eigenvalue weighted by Crippen LogP contribution is 2.26. The summed E-state index contributed by atoms with van der Waals surface area (Å²) >= 11 is 5.98. The lowest BCUT2D eigenvalue weighted by molar-refractivity contribution is 0.0475. The number of ether oxygens (including phenoxy) is 1. The maximum Gasteiger partial charge on any atom is 0.339 e. The molecule has 0 saturated heterocycles. The monoisotopic (exact) mass is 374 g/mol. The first-order valence-corrected chi connectivity index (χ1v) is 8.80. The molecule has 27 heavy (non-hydrogen) atoms. The van der Waals surface area contributed by atoms with Crippen LogP contribution in [-0.2, 0) is 11.3 Å². The highest BCUT2D eigenvalue weighted by molar-refractivity contribution is 6.30. The van der Waals surface area contributed by atoms with E-state index in [1.807, 2.05) is 48.5 Å². The smallest absolute Gasteiger partial charge is 0.339 e. The number of hydrogen-bond donors (Lipinski definition) is 0. The van der Waals surface area contributed by atoms with Crippen LogP contribution in [-0.4, -0.2) is 15.9 Å². The molecule has 4 aromatic rings. The van der Waals surface area contributed by atoms with E-state index in [4.69, 9.17) is 16.3 Å². The molecule has 4 rings (SSSR count). The third-order valence-electron chi connectivity index (χ3n) is 4.20. The normalized spacial score (nSPS) is 10.7. The highest BCUT2D eigenvalue weighted by atomic mass is 35.5. The number of carbonyl (C=O) groups excluding carboxylic acids is 1. The van der Waals surface area contributed by atoms with E-state index in [0.29, 0.717) is 16.3 Å². The number of hydrogen-bond acceptors (Lipinski definition) is 4. The number of para-hydroxylation sites is 1. The van der Waals surface area contributed by atoms with Gasteiger partial charge < -0.3 is 4.74 Å². The van der Waals surface area contributed by atoms with Crippen molar-refractivity contribution in [1.29, 1.82) is 0 Å². The molecule has 2 aromatic heterocycles. The molecule has 0 radical (unpaired) electrons. The summed E-state index contributed by atoms with van der Waals surface area (Å²) in [6.45, 7) is 0.189. The van der Waals surface area contributed by atoms with Gasteiger partial charge in [-0.3, -0.25) is 4.98 Å². The Balaban J connectivity index is 1.72. The summed E-state index contributed by atoms with van der Waals surface area (Å²) in [7, 11) is 0. The Hall–Kier alpha value is -3.24. The Kier molecular flexibility index (Phi) is 4.81. The van der Waals surface area contributed by atoms with Gasteiger partial charge in [0.25, 0.3) is 0 Å². The van der Waals surface area contributed by atoms with Crippen molar-refractivity contribution in [2.45, 2.75) is 6.61 Å². The second-order valence-electron chi connectivity index (χ2n) is 6.01. The van der Waals surface area contributed by atoms with Gasteiger partial charge in [-0.25, -0.2) is 9.78 Å². The zero-order valence-electron chi connectivity index (χ0n) is 14.3. The first-order chi connectivity index (χ1) is 13.2. The minimum atomic E-state index is -0.388. The molecule has 0 spiro atoms. The van der Waals surface area contributed by atoms with Crippen LogP contribution in [0.5, 0.6) is 0 Å². The summed E-state index contributed by atoms with van der Waals surface area (Å²) in [5, 5.41) is 1.41. The third-order valence-corrected chi connectivity index (χ3v) is 4.45. The molecule has 0 atom stereocenters. The molecular formula is C22H15ClN2O2. The van der Waals surface area contributed by atoms with Gasteiger partial charge in [-0.05, 0) is 42.0 Å². The topological polar surface area (TPSA) is 52.1 Å². The summed E-state index contributed by atoms with van der Waals surface area (Å²) in [6, 6.07) is 20.3. The fourth-order valence-electron chi connectivity index (χ4n) is 2.82. The number of esters is 1. The zero-order valence-corrected chi connectivity index (χ0v) is 15.1. The number of pyridine rings is 2. The molecule has 2 aromatic carbocycles. The third kappa shape index (κ3) is 3.81. The Morgan fingerprint density at radius 3 is 2.48 bits per heavy atom. The van der Waals surface area contributed by atoms with E-state index in [2.05, 4.69) is 9.97 Å². The fourth-order valence-corrected chi connectivity index (χ4v) is 2.94. The maximum absolute atomic E-state index is 12.8. The van der Waals surface area contributed by atoms with Crippen LogP contribution in [0, 0.1) is 0 Å². The van der Waals surface area contributed by atoms with E-state index < -0.39 is 0 Å². The fraction of sp³-hybridized carbons (Fsp3) is 0.0455. The van der Waals surface area contributed by atoms with Gasteiger partial charge in [0.2, 0.25) is 0 Å². The van der Waals surface area contributed by atoms with E-state index in [0.717, 1.165) is 22.0 Å². The summed E-state index contributed by atoms with van der Waals surface area (Å²) in [6.07, 6.45) is 3.34. The SMILES string of the molecule is O=C(OCc1ccncc1)c1cc(-c2ccc(Cl)cc2)nc2ccccc12. The van der Waals surface area contributed by atoms with Gasteiger partial charge >= 0.3 is 5.97 Å². The second-order valence-corrected chi connectivity index (χ2v) is 6.45. The van der Waals surface area contributed by atoms with Crippen molar-refractivity contribution in [1.82, 2.24) is 9.97 Å². The van der Waals surface area contributed by atoms with Crippen LogP contribution < -0.4 is 0 Å². The van der Waals surface area contributed by atoms with Crippen molar-refractivity contribution in [2.75, 3.05) is 0 Å². The van der Waals surface area contributed by atoms with Crippen LogP contribution in [0.25, 0.3) is 22.2 Å².